The summed E-state index contributed by atoms with van der Waals surface area (Å²) in [4.78, 5) is 16.3. The Morgan fingerprint density at radius 2 is 2.00 bits per heavy atom. The van der Waals surface area contributed by atoms with E-state index < -0.39 is 0 Å². The van der Waals surface area contributed by atoms with Crippen molar-refractivity contribution in [2.45, 2.75) is 26.3 Å². The Hall–Kier alpha value is -1.78. The fourth-order valence-electron chi connectivity index (χ4n) is 2.05. The molecule has 0 saturated carbocycles. The molecular formula is C17H19Cl2N3O. The molecule has 1 aromatic carbocycles. The average molecular weight is 352 g/mol. The second kappa shape index (κ2) is 8.18. The van der Waals surface area contributed by atoms with E-state index in [2.05, 4.69) is 15.6 Å². The van der Waals surface area contributed by atoms with Crippen LogP contribution in [0.1, 0.15) is 29.8 Å². The molecule has 6 heteroatoms. The van der Waals surface area contributed by atoms with E-state index in [0.29, 0.717) is 34.6 Å². The standard InChI is InChI=1S/C17H19Cl2N3O/c1-11(2)22-16-6-4-13(10-21-16)17(23)20-8-7-12-3-5-14(18)9-15(12)19/h3-6,9-11H,7-8H2,1-2H3,(H,20,23)(H,21,22). The van der Waals surface area contributed by atoms with E-state index in [1.165, 1.54) is 0 Å². The van der Waals surface area contributed by atoms with E-state index in [9.17, 15) is 4.79 Å². The molecule has 0 bridgehead atoms. The smallest absolute Gasteiger partial charge is 0.252 e. The molecule has 2 N–H and O–H groups in total. The summed E-state index contributed by atoms with van der Waals surface area (Å²) in [6.07, 6.45) is 2.21. The minimum Gasteiger partial charge on any atom is -0.368 e. The van der Waals surface area contributed by atoms with Crippen molar-refractivity contribution in [1.82, 2.24) is 10.3 Å². The number of anilines is 1. The van der Waals surface area contributed by atoms with Crippen LogP contribution >= 0.6 is 23.2 Å². The second-order valence-electron chi connectivity index (χ2n) is 5.47. The van der Waals surface area contributed by atoms with Gasteiger partial charge in [0, 0.05) is 28.8 Å². The molecule has 23 heavy (non-hydrogen) atoms. The zero-order chi connectivity index (χ0) is 16.8. The summed E-state index contributed by atoms with van der Waals surface area (Å²) in [6, 6.07) is 9.20. The highest BCUT2D eigenvalue weighted by molar-refractivity contribution is 6.35. The third-order valence-corrected chi connectivity index (χ3v) is 3.74. The molecule has 122 valence electrons. The van der Waals surface area contributed by atoms with Crippen molar-refractivity contribution in [3.8, 4) is 0 Å². The summed E-state index contributed by atoms with van der Waals surface area (Å²) in [5.74, 6) is 0.600. The van der Waals surface area contributed by atoms with E-state index in [1.807, 2.05) is 19.9 Å². The normalized spacial score (nSPS) is 10.7. The molecular weight excluding hydrogens is 333 g/mol. The van der Waals surface area contributed by atoms with Gasteiger partial charge in [-0.05, 0) is 50.1 Å². The van der Waals surface area contributed by atoms with Gasteiger partial charge in [-0.3, -0.25) is 4.79 Å². The quantitative estimate of drug-likeness (QED) is 0.820. The Morgan fingerprint density at radius 3 is 2.61 bits per heavy atom. The van der Waals surface area contributed by atoms with Crippen LogP contribution in [0.2, 0.25) is 10.0 Å². The zero-order valence-corrected chi connectivity index (χ0v) is 14.6. The van der Waals surface area contributed by atoms with Gasteiger partial charge in [0.1, 0.15) is 5.82 Å². The predicted octanol–water partition coefficient (Wildman–Crippen LogP) is 4.18. The maximum Gasteiger partial charge on any atom is 0.252 e. The van der Waals surface area contributed by atoms with E-state index >= 15 is 0 Å². The molecule has 0 aliphatic rings. The van der Waals surface area contributed by atoms with Crippen LogP contribution in [0.3, 0.4) is 0 Å². The highest BCUT2D eigenvalue weighted by atomic mass is 35.5. The number of carbonyl (C=O) groups is 1. The van der Waals surface area contributed by atoms with Gasteiger partial charge < -0.3 is 10.6 Å². The molecule has 0 saturated heterocycles. The number of aromatic nitrogens is 1. The number of rotatable bonds is 6. The summed E-state index contributed by atoms with van der Waals surface area (Å²) in [7, 11) is 0. The van der Waals surface area contributed by atoms with Crippen molar-refractivity contribution < 1.29 is 4.79 Å². The lowest BCUT2D eigenvalue weighted by Crippen LogP contribution is -2.26. The fourth-order valence-corrected chi connectivity index (χ4v) is 2.55. The van der Waals surface area contributed by atoms with Crippen LogP contribution in [0.15, 0.2) is 36.5 Å². The molecule has 2 rings (SSSR count). The minimum absolute atomic E-state index is 0.154. The Labute approximate surface area is 146 Å². The van der Waals surface area contributed by atoms with Gasteiger partial charge in [0.2, 0.25) is 0 Å². The molecule has 0 radical (unpaired) electrons. The molecule has 0 atom stereocenters. The lowest BCUT2D eigenvalue weighted by atomic mass is 10.1. The van der Waals surface area contributed by atoms with Gasteiger partial charge in [-0.2, -0.15) is 0 Å². The van der Waals surface area contributed by atoms with Gasteiger partial charge >= 0.3 is 0 Å². The first-order chi connectivity index (χ1) is 11.0. The van der Waals surface area contributed by atoms with Crippen molar-refractivity contribution in [2.75, 3.05) is 11.9 Å². The van der Waals surface area contributed by atoms with Crippen LogP contribution in [0.5, 0.6) is 0 Å². The average Bonchev–Trinajstić information content (AvgIpc) is 2.49. The summed E-state index contributed by atoms with van der Waals surface area (Å²) < 4.78 is 0. The van der Waals surface area contributed by atoms with Crippen LogP contribution in [0.4, 0.5) is 5.82 Å². The van der Waals surface area contributed by atoms with E-state index in [1.54, 1.807) is 30.5 Å². The van der Waals surface area contributed by atoms with Crippen molar-refractivity contribution in [1.29, 1.82) is 0 Å². The molecule has 1 aromatic heterocycles. The lowest BCUT2D eigenvalue weighted by molar-refractivity contribution is 0.0954. The van der Waals surface area contributed by atoms with Gasteiger partial charge in [-0.1, -0.05) is 29.3 Å². The van der Waals surface area contributed by atoms with Gasteiger partial charge in [0.15, 0.2) is 0 Å². The monoisotopic (exact) mass is 351 g/mol. The lowest BCUT2D eigenvalue weighted by Gasteiger charge is -2.10. The first-order valence-electron chi connectivity index (χ1n) is 7.40. The number of pyridine rings is 1. The third-order valence-electron chi connectivity index (χ3n) is 3.16. The summed E-state index contributed by atoms with van der Waals surface area (Å²) in [5.41, 5.74) is 1.48. The van der Waals surface area contributed by atoms with Crippen LogP contribution in [0.25, 0.3) is 0 Å². The molecule has 1 amide bonds. The maximum atomic E-state index is 12.1. The van der Waals surface area contributed by atoms with Crippen LogP contribution in [0, 0.1) is 0 Å². The fraction of sp³-hybridized carbons (Fsp3) is 0.294. The number of hydrogen-bond acceptors (Lipinski definition) is 3. The minimum atomic E-state index is -0.154. The van der Waals surface area contributed by atoms with Gasteiger partial charge in [-0.15, -0.1) is 0 Å². The van der Waals surface area contributed by atoms with Crippen molar-refractivity contribution in [3.05, 3.63) is 57.7 Å². The number of halogens is 2. The molecule has 0 fully saturated rings. The highest BCUT2D eigenvalue weighted by Crippen LogP contribution is 2.21. The molecule has 1 heterocycles. The number of amides is 1. The molecule has 0 aliphatic carbocycles. The van der Waals surface area contributed by atoms with Gasteiger partial charge in [-0.25, -0.2) is 4.98 Å². The first-order valence-corrected chi connectivity index (χ1v) is 8.16. The number of hydrogen-bond donors (Lipinski definition) is 2. The number of nitrogens with zero attached hydrogens (tertiary/aromatic N) is 1. The summed E-state index contributed by atoms with van der Waals surface area (Å²) >= 11 is 12.0. The Bertz CT molecular complexity index is 672. The molecule has 0 unspecified atom stereocenters. The topological polar surface area (TPSA) is 54.0 Å². The van der Waals surface area contributed by atoms with Crippen molar-refractivity contribution >= 4 is 34.9 Å². The maximum absolute atomic E-state index is 12.1. The Balaban J connectivity index is 1.87. The largest absolute Gasteiger partial charge is 0.368 e. The van der Waals surface area contributed by atoms with Crippen LogP contribution in [-0.2, 0) is 6.42 Å². The van der Waals surface area contributed by atoms with Gasteiger partial charge in [0.25, 0.3) is 5.91 Å². The highest BCUT2D eigenvalue weighted by Gasteiger charge is 2.07. The molecule has 4 nitrogen and oxygen atoms in total. The number of nitrogens with one attached hydrogen (secondary N) is 2. The molecule has 2 aromatic rings. The third kappa shape index (κ3) is 5.41. The molecule has 0 aliphatic heterocycles. The van der Waals surface area contributed by atoms with Crippen molar-refractivity contribution in [3.63, 3.8) is 0 Å². The zero-order valence-electron chi connectivity index (χ0n) is 13.1. The van der Waals surface area contributed by atoms with Gasteiger partial charge in [0.05, 0.1) is 5.56 Å². The summed E-state index contributed by atoms with van der Waals surface area (Å²) in [5, 5.41) is 7.25. The van der Waals surface area contributed by atoms with E-state index in [0.717, 1.165) is 11.4 Å². The number of carbonyl (C=O) groups excluding carboxylic acids is 1. The van der Waals surface area contributed by atoms with E-state index in [4.69, 9.17) is 23.2 Å². The Kier molecular flexibility index (Phi) is 6.25. The second-order valence-corrected chi connectivity index (χ2v) is 6.32. The van der Waals surface area contributed by atoms with Crippen LogP contribution in [-0.4, -0.2) is 23.5 Å². The molecule has 0 spiro atoms. The predicted molar refractivity (Wildman–Crippen MR) is 95.5 cm³/mol. The van der Waals surface area contributed by atoms with Crippen molar-refractivity contribution in [2.24, 2.45) is 0 Å². The number of benzene rings is 1. The summed E-state index contributed by atoms with van der Waals surface area (Å²) in [6.45, 7) is 4.56. The Morgan fingerprint density at radius 1 is 1.22 bits per heavy atom. The van der Waals surface area contributed by atoms with Crippen LogP contribution < -0.4 is 10.6 Å². The van der Waals surface area contributed by atoms with E-state index in [-0.39, 0.29) is 5.91 Å². The first kappa shape index (κ1) is 17.6. The SMILES string of the molecule is CC(C)Nc1ccc(C(=O)NCCc2ccc(Cl)cc2Cl)cn1.